The van der Waals surface area contributed by atoms with Crippen LogP contribution in [0.3, 0.4) is 0 Å². The zero-order valence-electron chi connectivity index (χ0n) is 5.84. The van der Waals surface area contributed by atoms with Gasteiger partial charge in [-0.15, -0.1) is 0 Å². The van der Waals surface area contributed by atoms with E-state index in [1.54, 1.807) is 0 Å². The van der Waals surface area contributed by atoms with Crippen LogP contribution in [-0.2, 0) is 4.79 Å². The van der Waals surface area contributed by atoms with Crippen LogP contribution in [-0.4, -0.2) is 5.91 Å². The Balaban J connectivity index is 2.53. The Hall–Kier alpha value is -0.990. The summed E-state index contributed by atoms with van der Waals surface area (Å²) in [6.45, 7) is 0. The lowest BCUT2D eigenvalue weighted by Crippen LogP contribution is -2.26. The van der Waals surface area contributed by atoms with Gasteiger partial charge in [-0.1, -0.05) is 6.08 Å². The molecule has 1 aliphatic carbocycles. The number of hydrogen-bond acceptors (Lipinski definition) is 2. The fourth-order valence-corrected chi connectivity index (χ4v) is 1.18. The van der Waals surface area contributed by atoms with Gasteiger partial charge in [0.2, 0.25) is 5.91 Å². The normalized spacial score (nSPS) is 25.6. The van der Waals surface area contributed by atoms with Crippen molar-refractivity contribution < 1.29 is 4.79 Å². The largest absolute Gasteiger partial charge is 0.402 e. The number of amides is 1. The molecule has 1 aliphatic rings. The molecule has 0 bridgehead atoms. The molecule has 0 radical (unpaired) electrons. The molecule has 0 spiro atoms. The average Bonchev–Trinajstić information content (AvgIpc) is 1.88. The van der Waals surface area contributed by atoms with Crippen LogP contribution in [0.25, 0.3) is 0 Å². The van der Waals surface area contributed by atoms with Crippen molar-refractivity contribution in [3.63, 3.8) is 0 Å². The molecule has 3 nitrogen and oxygen atoms in total. The second kappa shape index (κ2) is 2.73. The molecule has 1 rings (SSSR count). The summed E-state index contributed by atoms with van der Waals surface area (Å²) in [4.78, 5) is 10.6. The van der Waals surface area contributed by atoms with E-state index in [-0.39, 0.29) is 11.8 Å². The van der Waals surface area contributed by atoms with Crippen molar-refractivity contribution in [2.24, 2.45) is 17.4 Å². The topological polar surface area (TPSA) is 69.1 Å². The maximum absolute atomic E-state index is 10.6. The molecule has 1 amide bonds. The summed E-state index contributed by atoms with van der Waals surface area (Å²) in [5, 5.41) is 0. The first-order valence-electron chi connectivity index (χ1n) is 3.44. The number of hydrogen-bond donors (Lipinski definition) is 2. The Kier molecular flexibility index (Phi) is 1.94. The zero-order chi connectivity index (χ0) is 7.56. The minimum atomic E-state index is -0.226. The second-order valence-electron chi connectivity index (χ2n) is 2.66. The molecule has 4 N–H and O–H groups in total. The van der Waals surface area contributed by atoms with Crippen LogP contribution < -0.4 is 11.5 Å². The van der Waals surface area contributed by atoms with Crippen LogP contribution in [0.2, 0.25) is 0 Å². The monoisotopic (exact) mass is 140 g/mol. The fourth-order valence-electron chi connectivity index (χ4n) is 1.18. The standard InChI is InChI=1S/C7H12N2O/c8-6-3-1-2-5(4-6)7(9)10/h3,5H,1-2,4,8H2,(H2,9,10). The van der Waals surface area contributed by atoms with Crippen LogP contribution in [0, 0.1) is 5.92 Å². The van der Waals surface area contributed by atoms with Crippen LogP contribution >= 0.6 is 0 Å². The minimum absolute atomic E-state index is 0.0231. The van der Waals surface area contributed by atoms with Gasteiger partial charge in [0.05, 0.1) is 0 Å². The quantitative estimate of drug-likeness (QED) is 0.543. The summed E-state index contributed by atoms with van der Waals surface area (Å²) in [6, 6.07) is 0. The molecule has 0 aromatic heterocycles. The van der Waals surface area contributed by atoms with Crippen LogP contribution in [0.4, 0.5) is 0 Å². The van der Waals surface area contributed by atoms with Crippen LogP contribution in [0.5, 0.6) is 0 Å². The number of allylic oxidation sites excluding steroid dienone is 2. The number of nitrogens with two attached hydrogens (primary N) is 2. The molecule has 0 aromatic carbocycles. The Morgan fingerprint density at radius 1 is 1.70 bits per heavy atom. The summed E-state index contributed by atoms with van der Waals surface area (Å²) >= 11 is 0. The van der Waals surface area contributed by atoms with Gasteiger partial charge in [-0.3, -0.25) is 4.79 Å². The third-order valence-corrected chi connectivity index (χ3v) is 1.81. The van der Waals surface area contributed by atoms with Gasteiger partial charge in [-0.05, 0) is 19.3 Å². The first-order chi connectivity index (χ1) is 4.70. The summed E-state index contributed by atoms with van der Waals surface area (Å²) in [6.07, 6.45) is 4.35. The fraction of sp³-hybridized carbons (Fsp3) is 0.571. The number of carbonyl (C=O) groups is 1. The first kappa shape index (κ1) is 7.12. The molecular weight excluding hydrogens is 128 g/mol. The Morgan fingerprint density at radius 3 is 2.80 bits per heavy atom. The molecule has 10 heavy (non-hydrogen) atoms. The van der Waals surface area contributed by atoms with Crippen LogP contribution in [0.15, 0.2) is 11.8 Å². The van der Waals surface area contributed by atoms with E-state index in [0.29, 0.717) is 6.42 Å². The van der Waals surface area contributed by atoms with Gasteiger partial charge in [-0.25, -0.2) is 0 Å². The molecule has 0 fully saturated rings. The van der Waals surface area contributed by atoms with Gasteiger partial charge in [0.15, 0.2) is 0 Å². The molecule has 0 heterocycles. The highest BCUT2D eigenvalue weighted by Crippen LogP contribution is 2.20. The molecule has 3 heteroatoms. The summed E-state index contributed by atoms with van der Waals surface area (Å²) in [5.41, 5.74) is 11.4. The SMILES string of the molecule is NC(=O)C1CCC=C(N)C1. The average molecular weight is 140 g/mol. The highest BCUT2D eigenvalue weighted by Gasteiger charge is 2.18. The van der Waals surface area contributed by atoms with E-state index in [1.807, 2.05) is 6.08 Å². The van der Waals surface area contributed by atoms with Crippen molar-refractivity contribution in [3.8, 4) is 0 Å². The highest BCUT2D eigenvalue weighted by molar-refractivity contribution is 5.77. The maximum Gasteiger partial charge on any atom is 0.220 e. The Morgan fingerprint density at radius 2 is 2.40 bits per heavy atom. The molecular formula is C7H12N2O. The lowest BCUT2D eigenvalue weighted by atomic mass is 9.92. The van der Waals surface area contributed by atoms with E-state index < -0.39 is 0 Å². The number of carbonyl (C=O) groups excluding carboxylic acids is 1. The predicted octanol–water partition coefficient (Wildman–Crippen LogP) is 0.114. The second-order valence-corrected chi connectivity index (χ2v) is 2.66. The zero-order valence-corrected chi connectivity index (χ0v) is 5.84. The van der Waals surface area contributed by atoms with Crippen molar-refractivity contribution in [1.82, 2.24) is 0 Å². The van der Waals surface area contributed by atoms with Gasteiger partial charge in [-0.2, -0.15) is 0 Å². The van der Waals surface area contributed by atoms with E-state index in [9.17, 15) is 4.79 Å². The molecule has 1 unspecified atom stereocenters. The predicted molar refractivity (Wildman–Crippen MR) is 38.8 cm³/mol. The lowest BCUT2D eigenvalue weighted by Gasteiger charge is -2.16. The molecule has 0 saturated carbocycles. The summed E-state index contributed by atoms with van der Waals surface area (Å²) in [7, 11) is 0. The van der Waals surface area contributed by atoms with Crippen LogP contribution in [0.1, 0.15) is 19.3 Å². The van der Waals surface area contributed by atoms with Gasteiger partial charge < -0.3 is 11.5 Å². The lowest BCUT2D eigenvalue weighted by molar-refractivity contribution is -0.122. The van der Waals surface area contributed by atoms with Crippen molar-refractivity contribution in [3.05, 3.63) is 11.8 Å². The Labute approximate surface area is 60.1 Å². The number of rotatable bonds is 1. The van der Waals surface area contributed by atoms with Gasteiger partial charge in [0, 0.05) is 11.6 Å². The van der Waals surface area contributed by atoms with E-state index >= 15 is 0 Å². The van der Waals surface area contributed by atoms with Crippen molar-refractivity contribution in [2.45, 2.75) is 19.3 Å². The summed E-state index contributed by atoms with van der Waals surface area (Å²) < 4.78 is 0. The van der Waals surface area contributed by atoms with E-state index in [0.717, 1.165) is 18.5 Å². The van der Waals surface area contributed by atoms with Gasteiger partial charge in [0.25, 0.3) is 0 Å². The molecule has 0 saturated heterocycles. The van der Waals surface area contributed by atoms with E-state index in [2.05, 4.69) is 0 Å². The molecule has 0 aliphatic heterocycles. The van der Waals surface area contributed by atoms with Crippen molar-refractivity contribution in [2.75, 3.05) is 0 Å². The maximum atomic E-state index is 10.6. The minimum Gasteiger partial charge on any atom is -0.402 e. The van der Waals surface area contributed by atoms with E-state index in [1.165, 1.54) is 0 Å². The third-order valence-electron chi connectivity index (χ3n) is 1.81. The van der Waals surface area contributed by atoms with Crippen molar-refractivity contribution in [1.29, 1.82) is 0 Å². The third kappa shape index (κ3) is 1.50. The molecule has 1 atom stereocenters. The molecule has 56 valence electrons. The number of primary amides is 1. The van der Waals surface area contributed by atoms with Crippen molar-refractivity contribution >= 4 is 5.91 Å². The molecule has 0 aromatic rings. The summed E-state index contributed by atoms with van der Waals surface area (Å²) in [5.74, 6) is -0.249. The smallest absolute Gasteiger partial charge is 0.220 e. The van der Waals surface area contributed by atoms with E-state index in [4.69, 9.17) is 11.5 Å². The Bertz CT molecular complexity index is 174. The highest BCUT2D eigenvalue weighted by atomic mass is 16.1. The van der Waals surface area contributed by atoms with Gasteiger partial charge >= 0.3 is 0 Å². The van der Waals surface area contributed by atoms with Gasteiger partial charge in [0.1, 0.15) is 0 Å². The first-order valence-corrected chi connectivity index (χ1v) is 3.44.